The Hall–Kier alpha value is -1.20. The van der Waals surface area contributed by atoms with Gasteiger partial charge in [0.15, 0.2) is 0 Å². The molecule has 0 aliphatic carbocycles. The standard InChI is InChI=1S/C10H8BrClN4/c11-9-3-7(12)4-14-10(9)15-5-8-1-2-13-6-16-8/h1-4,6H,5H2,(H,14,15). The van der Waals surface area contributed by atoms with Crippen LogP contribution in [0.4, 0.5) is 5.82 Å². The number of pyridine rings is 1. The third-order valence-electron chi connectivity index (χ3n) is 1.89. The zero-order valence-electron chi connectivity index (χ0n) is 8.19. The highest BCUT2D eigenvalue weighted by Crippen LogP contribution is 2.23. The number of anilines is 1. The van der Waals surface area contributed by atoms with E-state index in [1.807, 2.05) is 6.07 Å². The van der Waals surface area contributed by atoms with Crippen LogP contribution in [0.3, 0.4) is 0 Å². The van der Waals surface area contributed by atoms with Gasteiger partial charge in [-0.25, -0.2) is 15.0 Å². The topological polar surface area (TPSA) is 50.7 Å². The van der Waals surface area contributed by atoms with Gasteiger partial charge in [-0.3, -0.25) is 0 Å². The number of nitrogens with one attached hydrogen (secondary N) is 1. The highest BCUT2D eigenvalue weighted by molar-refractivity contribution is 9.10. The van der Waals surface area contributed by atoms with E-state index in [4.69, 9.17) is 11.6 Å². The normalized spacial score (nSPS) is 10.1. The fourth-order valence-electron chi connectivity index (χ4n) is 1.14. The van der Waals surface area contributed by atoms with Crippen molar-refractivity contribution in [3.05, 3.63) is 46.0 Å². The van der Waals surface area contributed by atoms with E-state index in [0.717, 1.165) is 16.0 Å². The average molecular weight is 300 g/mol. The molecular formula is C10H8BrClN4. The molecule has 0 unspecified atom stereocenters. The third-order valence-corrected chi connectivity index (χ3v) is 2.70. The van der Waals surface area contributed by atoms with E-state index in [-0.39, 0.29) is 0 Å². The minimum absolute atomic E-state index is 0.593. The molecule has 0 aliphatic heterocycles. The van der Waals surface area contributed by atoms with E-state index in [9.17, 15) is 0 Å². The van der Waals surface area contributed by atoms with Gasteiger partial charge in [-0.15, -0.1) is 0 Å². The summed E-state index contributed by atoms with van der Waals surface area (Å²) in [5.74, 6) is 0.739. The Morgan fingerprint density at radius 2 is 2.25 bits per heavy atom. The predicted molar refractivity (Wildman–Crippen MR) is 66.3 cm³/mol. The summed E-state index contributed by atoms with van der Waals surface area (Å²) in [6.07, 6.45) is 4.81. The monoisotopic (exact) mass is 298 g/mol. The van der Waals surface area contributed by atoms with Crippen LogP contribution in [0.2, 0.25) is 5.02 Å². The number of nitrogens with zero attached hydrogens (tertiary/aromatic N) is 3. The van der Waals surface area contributed by atoms with Crippen molar-refractivity contribution in [3.63, 3.8) is 0 Å². The van der Waals surface area contributed by atoms with Crippen molar-refractivity contribution in [3.8, 4) is 0 Å². The lowest BCUT2D eigenvalue weighted by Crippen LogP contribution is -2.03. The lowest BCUT2D eigenvalue weighted by molar-refractivity contribution is 0.994. The molecule has 0 spiro atoms. The Bertz CT molecular complexity index is 478. The minimum Gasteiger partial charge on any atom is -0.363 e. The van der Waals surface area contributed by atoms with Gasteiger partial charge in [0.25, 0.3) is 0 Å². The molecule has 0 saturated carbocycles. The first kappa shape index (κ1) is 11.3. The lowest BCUT2D eigenvalue weighted by atomic mass is 10.4. The van der Waals surface area contributed by atoms with Gasteiger partial charge >= 0.3 is 0 Å². The van der Waals surface area contributed by atoms with Gasteiger partial charge in [0.2, 0.25) is 0 Å². The number of halogens is 2. The molecular weight excluding hydrogens is 291 g/mol. The summed E-state index contributed by atoms with van der Waals surface area (Å²) in [5, 5.41) is 3.75. The van der Waals surface area contributed by atoms with Crippen LogP contribution in [0, 0.1) is 0 Å². The first-order chi connectivity index (χ1) is 7.75. The van der Waals surface area contributed by atoms with E-state index in [1.54, 1.807) is 18.5 Å². The zero-order chi connectivity index (χ0) is 11.4. The van der Waals surface area contributed by atoms with Gasteiger partial charge < -0.3 is 5.32 Å². The quantitative estimate of drug-likeness (QED) is 0.947. The Balaban J connectivity index is 2.05. The van der Waals surface area contributed by atoms with Crippen LogP contribution in [-0.2, 0) is 6.54 Å². The Labute approximate surface area is 106 Å². The van der Waals surface area contributed by atoms with E-state index in [0.29, 0.717) is 11.6 Å². The maximum atomic E-state index is 5.79. The summed E-state index contributed by atoms with van der Waals surface area (Å²) in [5.41, 5.74) is 0.902. The fraction of sp³-hybridized carbons (Fsp3) is 0.100. The third kappa shape index (κ3) is 2.90. The minimum atomic E-state index is 0.593. The maximum Gasteiger partial charge on any atom is 0.140 e. The summed E-state index contributed by atoms with van der Waals surface area (Å²) in [7, 11) is 0. The summed E-state index contributed by atoms with van der Waals surface area (Å²) >= 11 is 9.17. The SMILES string of the molecule is Clc1cnc(NCc2ccncn2)c(Br)c1. The number of aromatic nitrogens is 3. The molecule has 0 bridgehead atoms. The molecule has 16 heavy (non-hydrogen) atoms. The zero-order valence-corrected chi connectivity index (χ0v) is 10.5. The van der Waals surface area contributed by atoms with E-state index in [1.165, 1.54) is 6.33 Å². The molecule has 0 atom stereocenters. The van der Waals surface area contributed by atoms with Gasteiger partial charge in [-0.2, -0.15) is 0 Å². The fourth-order valence-corrected chi connectivity index (χ4v) is 1.92. The summed E-state index contributed by atoms with van der Waals surface area (Å²) in [6, 6.07) is 3.63. The average Bonchev–Trinajstić information content (AvgIpc) is 2.29. The maximum absolute atomic E-state index is 5.79. The smallest absolute Gasteiger partial charge is 0.140 e. The molecule has 0 amide bonds. The molecule has 0 aromatic carbocycles. The first-order valence-corrected chi connectivity index (χ1v) is 5.72. The van der Waals surface area contributed by atoms with Crippen molar-refractivity contribution in [2.24, 2.45) is 0 Å². The van der Waals surface area contributed by atoms with Crippen LogP contribution in [0.5, 0.6) is 0 Å². The van der Waals surface area contributed by atoms with Gasteiger partial charge in [0, 0.05) is 12.4 Å². The Morgan fingerprint density at radius 3 is 2.94 bits per heavy atom. The molecule has 6 heteroatoms. The number of rotatable bonds is 3. The molecule has 2 aromatic heterocycles. The molecule has 0 aliphatic rings. The van der Waals surface area contributed by atoms with Crippen molar-refractivity contribution in [1.82, 2.24) is 15.0 Å². The molecule has 0 fully saturated rings. The highest BCUT2D eigenvalue weighted by Gasteiger charge is 2.02. The second-order valence-electron chi connectivity index (χ2n) is 3.04. The summed E-state index contributed by atoms with van der Waals surface area (Å²) < 4.78 is 0.828. The first-order valence-electron chi connectivity index (χ1n) is 4.55. The van der Waals surface area contributed by atoms with Gasteiger partial charge in [-0.1, -0.05) is 11.6 Å². The second-order valence-corrected chi connectivity index (χ2v) is 4.33. The molecule has 4 nitrogen and oxygen atoms in total. The van der Waals surface area contributed by atoms with Crippen LogP contribution < -0.4 is 5.32 Å². The number of hydrogen-bond donors (Lipinski definition) is 1. The molecule has 0 radical (unpaired) electrons. The van der Waals surface area contributed by atoms with Crippen molar-refractivity contribution >= 4 is 33.3 Å². The molecule has 2 heterocycles. The van der Waals surface area contributed by atoms with Crippen LogP contribution in [0.15, 0.2) is 35.3 Å². The number of hydrogen-bond acceptors (Lipinski definition) is 4. The van der Waals surface area contributed by atoms with Crippen molar-refractivity contribution in [2.45, 2.75) is 6.54 Å². The predicted octanol–water partition coefficient (Wildman–Crippen LogP) is 2.90. The molecule has 1 N–H and O–H groups in total. The van der Waals surface area contributed by atoms with E-state index < -0.39 is 0 Å². The highest BCUT2D eigenvalue weighted by atomic mass is 79.9. The largest absolute Gasteiger partial charge is 0.363 e. The molecule has 2 aromatic rings. The van der Waals surface area contributed by atoms with Crippen LogP contribution >= 0.6 is 27.5 Å². The van der Waals surface area contributed by atoms with Crippen molar-refractivity contribution in [1.29, 1.82) is 0 Å². The van der Waals surface area contributed by atoms with Crippen LogP contribution in [0.25, 0.3) is 0 Å². The van der Waals surface area contributed by atoms with Crippen LogP contribution in [-0.4, -0.2) is 15.0 Å². The van der Waals surface area contributed by atoms with E-state index >= 15 is 0 Å². The van der Waals surface area contributed by atoms with Gasteiger partial charge in [-0.05, 0) is 28.1 Å². The Morgan fingerprint density at radius 1 is 1.38 bits per heavy atom. The molecule has 0 saturated heterocycles. The van der Waals surface area contributed by atoms with Crippen LogP contribution in [0.1, 0.15) is 5.69 Å². The molecule has 2 rings (SSSR count). The Kier molecular flexibility index (Phi) is 3.69. The van der Waals surface area contributed by atoms with Crippen molar-refractivity contribution < 1.29 is 0 Å². The van der Waals surface area contributed by atoms with E-state index in [2.05, 4.69) is 36.2 Å². The van der Waals surface area contributed by atoms with Gasteiger partial charge in [0.05, 0.1) is 21.7 Å². The van der Waals surface area contributed by atoms with Gasteiger partial charge in [0.1, 0.15) is 12.1 Å². The van der Waals surface area contributed by atoms with Crippen molar-refractivity contribution in [2.75, 3.05) is 5.32 Å². The summed E-state index contributed by atoms with van der Waals surface area (Å²) in [4.78, 5) is 12.1. The molecule has 82 valence electrons. The lowest BCUT2D eigenvalue weighted by Gasteiger charge is -2.06. The summed E-state index contributed by atoms with van der Waals surface area (Å²) in [6.45, 7) is 0.593. The second kappa shape index (κ2) is 5.23.